The van der Waals surface area contributed by atoms with Gasteiger partial charge in [0.1, 0.15) is 0 Å². The highest BCUT2D eigenvalue weighted by Gasteiger charge is 2.28. The van der Waals surface area contributed by atoms with Gasteiger partial charge in [0.05, 0.1) is 0 Å². The molecule has 0 aromatic rings. The first kappa shape index (κ1) is 10.1. The van der Waals surface area contributed by atoms with Crippen LogP contribution in [-0.4, -0.2) is 40.3 Å². The molecule has 0 spiro atoms. The van der Waals surface area contributed by atoms with Crippen LogP contribution in [0.2, 0.25) is 0 Å². The van der Waals surface area contributed by atoms with E-state index in [1.165, 1.54) is 6.19 Å². The molecular weight excluding hydrogens is 188 g/mol. The lowest BCUT2D eigenvalue weighted by Crippen LogP contribution is -2.55. The Morgan fingerprint density at radius 1 is 1.29 bits per heavy atom. The second kappa shape index (κ2) is 4.32. The van der Waals surface area contributed by atoms with Gasteiger partial charge >= 0.3 is 12.1 Å². The summed E-state index contributed by atoms with van der Waals surface area (Å²) in [6.07, 6.45) is 1.74. The van der Waals surface area contributed by atoms with Gasteiger partial charge in [-0.15, -0.1) is 0 Å². The molecule has 7 heteroatoms. The summed E-state index contributed by atoms with van der Waals surface area (Å²) < 4.78 is 0. The first-order valence-electron chi connectivity index (χ1n) is 4.14. The lowest BCUT2D eigenvalue weighted by atomic mass is 10.2. The molecule has 1 aliphatic rings. The molecule has 76 valence electrons. The predicted octanol–water partition coefficient (Wildman–Crippen LogP) is 0.168. The average Bonchev–Trinajstić information content (AvgIpc) is 2.18. The van der Waals surface area contributed by atoms with Crippen LogP contribution in [0.25, 0.3) is 0 Å². The number of carbonyl (C=O) groups excluding carboxylic acids is 1. The minimum Gasteiger partial charge on any atom is -0.464 e. The molecule has 3 amide bonds. The fraction of sp³-hybridized carbons (Fsp3) is 0.571. The summed E-state index contributed by atoms with van der Waals surface area (Å²) in [5.41, 5.74) is 0. The summed E-state index contributed by atoms with van der Waals surface area (Å²) in [5.74, 6) is 0. The van der Waals surface area contributed by atoms with Crippen LogP contribution in [0.5, 0.6) is 0 Å². The normalized spacial score (nSPS) is 15.9. The van der Waals surface area contributed by atoms with Crippen molar-refractivity contribution in [2.45, 2.75) is 12.8 Å². The van der Waals surface area contributed by atoms with Gasteiger partial charge in [-0.25, -0.2) is 24.9 Å². The van der Waals surface area contributed by atoms with Crippen LogP contribution in [0.4, 0.5) is 9.59 Å². The Kier molecular flexibility index (Phi) is 3.12. The highest BCUT2D eigenvalue weighted by Crippen LogP contribution is 2.10. The Labute approximate surface area is 80.5 Å². The third-order valence-corrected chi connectivity index (χ3v) is 1.90. The van der Waals surface area contributed by atoms with Gasteiger partial charge in [-0.3, -0.25) is 0 Å². The van der Waals surface area contributed by atoms with Crippen molar-refractivity contribution < 1.29 is 14.7 Å². The summed E-state index contributed by atoms with van der Waals surface area (Å²) in [5, 5.41) is 20.8. The maximum absolute atomic E-state index is 11.2. The van der Waals surface area contributed by atoms with Crippen LogP contribution in [0.15, 0.2) is 0 Å². The van der Waals surface area contributed by atoms with Crippen LogP contribution in [0.3, 0.4) is 0 Å². The topological polar surface area (TPSA) is 96.7 Å². The zero-order valence-corrected chi connectivity index (χ0v) is 7.43. The van der Waals surface area contributed by atoms with Gasteiger partial charge in [-0.2, -0.15) is 5.26 Å². The zero-order valence-electron chi connectivity index (χ0n) is 7.43. The number of urea groups is 1. The number of rotatable bonds is 0. The lowest BCUT2D eigenvalue weighted by Gasteiger charge is -2.35. The van der Waals surface area contributed by atoms with Crippen molar-refractivity contribution in [2.24, 2.45) is 0 Å². The van der Waals surface area contributed by atoms with E-state index in [0.29, 0.717) is 6.54 Å². The molecule has 0 atom stereocenters. The number of nitriles is 1. The molecule has 1 aliphatic heterocycles. The van der Waals surface area contributed by atoms with Gasteiger partial charge < -0.3 is 5.11 Å². The number of hydrazine groups is 1. The molecule has 1 heterocycles. The van der Waals surface area contributed by atoms with Gasteiger partial charge in [0.15, 0.2) is 6.19 Å². The molecule has 0 saturated carbocycles. The van der Waals surface area contributed by atoms with Crippen molar-refractivity contribution in [3.63, 3.8) is 0 Å². The van der Waals surface area contributed by atoms with Crippen LogP contribution < -0.4 is 5.32 Å². The van der Waals surface area contributed by atoms with Crippen molar-refractivity contribution in [3.05, 3.63) is 0 Å². The van der Waals surface area contributed by atoms with E-state index in [-0.39, 0.29) is 6.54 Å². The number of nitrogens with zero attached hydrogens (tertiary/aromatic N) is 3. The van der Waals surface area contributed by atoms with E-state index in [2.05, 4.69) is 0 Å². The number of carbonyl (C=O) groups is 2. The van der Waals surface area contributed by atoms with Gasteiger partial charge in [0, 0.05) is 13.1 Å². The molecule has 0 aromatic carbocycles. The molecule has 0 aromatic heterocycles. The Bertz CT molecular complexity index is 285. The SMILES string of the molecule is N#CNC(=O)N1CCCCN1C(=O)O. The highest BCUT2D eigenvalue weighted by atomic mass is 16.4. The van der Waals surface area contributed by atoms with Crippen molar-refractivity contribution >= 4 is 12.1 Å². The average molecular weight is 198 g/mol. The number of carboxylic acid groups (broad SMARTS) is 1. The van der Waals surface area contributed by atoms with Gasteiger partial charge in [-0.1, -0.05) is 0 Å². The molecule has 1 saturated heterocycles. The van der Waals surface area contributed by atoms with Gasteiger partial charge in [0.25, 0.3) is 0 Å². The fourth-order valence-electron chi connectivity index (χ4n) is 1.29. The third kappa shape index (κ3) is 2.04. The molecule has 1 rings (SSSR count). The summed E-state index contributed by atoms with van der Waals surface area (Å²) in [7, 11) is 0. The van der Waals surface area contributed by atoms with Crippen molar-refractivity contribution in [3.8, 4) is 6.19 Å². The second-order valence-electron chi connectivity index (χ2n) is 2.78. The van der Waals surface area contributed by atoms with E-state index in [0.717, 1.165) is 22.9 Å². The Hall–Kier alpha value is -1.97. The van der Waals surface area contributed by atoms with E-state index >= 15 is 0 Å². The molecule has 7 nitrogen and oxygen atoms in total. The van der Waals surface area contributed by atoms with E-state index < -0.39 is 12.1 Å². The van der Waals surface area contributed by atoms with Gasteiger partial charge in [-0.05, 0) is 12.8 Å². The smallest absolute Gasteiger partial charge is 0.426 e. The molecule has 1 fully saturated rings. The molecule has 0 bridgehead atoms. The Balaban J connectivity index is 2.68. The lowest BCUT2D eigenvalue weighted by molar-refractivity contribution is 0.00255. The quantitative estimate of drug-likeness (QED) is 0.428. The predicted molar refractivity (Wildman–Crippen MR) is 44.8 cm³/mol. The van der Waals surface area contributed by atoms with Crippen LogP contribution in [-0.2, 0) is 0 Å². The van der Waals surface area contributed by atoms with E-state index in [1.807, 2.05) is 5.32 Å². The highest BCUT2D eigenvalue weighted by molar-refractivity contribution is 5.78. The number of nitrogens with one attached hydrogen (secondary N) is 1. The summed E-state index contributed by atoms with van der Waals surface area (Å²) in [6, 6.07) is -0.699. The van der Waals surface area contributed by atoms with Crippen molar-refractivity contribution in [1.29, 1.82) is 5.26 Å². The van der Waals surface area contributed by atoms with E-state index in [1.54, 1.807) is 0 Å². The van der Waals surface area contributed by atoms with Crippen molar-refractivity contribution in [2.75, 3.05) is 13.1 Å². The largest absolute Gasteiger partial charge is 0.464 e. The first-order chi connectivity index (χ1) is 6.66. The minimum atomic E-state index is -1.18. The summed E-state index contributed by atoms with van der Waals surface area (Å²) in [6.45, 7) is 0.605. The molecule has 0 radical (unpaired) electrons. The molecular formula is C7H10N4O3. The van der Waals surface area contributed by atoms with Crippen LogP contribution in [0, 0.1) is 11.5 Å². The van der Waals surface area contributed by atoms with Crippen LogP contribution >= 0.6 is 0 Å². The number of amides is 3. The summed E-state index contributed by atoms with van der Waals surface area (Å²) in [4.78, 5) is 21.9. The standard InChI is InChI=1S/C7H10N4O3/c8-5-9-6(12)10-3-1-2-4-11(10)7(13)14/h1-4H2,(H,9,12)(H,13,14). The maximum Gasteiger partial charge on any atom is 0.426 e. The first-order valence-corrected chi connectivity index (χ1v) is 4.14. The number of hydrogen-bond acceptors (Lipinski definition) is 3. The Morgan fingerprint density at radius 3 is 2.36 bits per heavy atom. The molecule has 0 unspecified atom stereocenters. The third-order valence-electron chi connectivity index (χ3n) is 1.90. The fourth-order valence-corrected chi connectivity index (χ4v) is 1.29. The van der Waals surface area contributed by atoms with Crippen molar-refractivity contribution in [1.82, 2.24) is 15.3 Å². The monoisotopic (exact) mass is 198 g/mol. The Morgan fingerprint density at radius 2 is 1.86 bits per heavy atom. The van der Waals surface area contributed by atoms with Crippen LogP contribution in [0.1, 0.15) is 12.8 Å². The number of hydrogen-bond donors (Lipinski definition) is 2. The molecule has 14 heavy (non-hydrogen) atoms. The summed E-state index contributed by atoms with van der Waals surface area (Å²) >= 11 is 0. The zero-order chi connectivity index (χ0) is 10.6. The maximum atomic E-state index is 11.2. The van der Waals surface area contributed by atoms with Gasteiger partial charge in [0.2, 0.25) is 0 Å². The van der Waals surface area contributed by atoms with E-state index in [9.17, 15) is 9.59 Å². The van der Waals surface area contributed by atoms with E-state index in [4.69, 9.17) is 10.4 Å². The minimum absolute atomic E-state index is 0.286. The molecule has 2 N–H and O–H groups in total. The second-order valence-corrected chi connectivity index (χ2v) is 2.78. The molecule has 0 aliphatic carbocycles.